The highest BCUT2D eigenvalue weighted by molar-refractivity contribution is 5.92. The normalized spacial score (nSPS) is 15.4. The summed E-state index contributed by atoms with van der Waals surface area (Å²) in [4.78, 5) is 11.4. The molecule has 6 heteroatoms. The minimum atomic E-state index is -4.72. The molecule has 0 aromatic carbocycles. The Hall–Kier alpha value is -1.56. The molecule has 1 unspecified atom stereocenters. The second-order valence-corrected chi connectivity index (χ2v) is 5.65. The van der Waals surface area contributed by atoms with Gasteiger partial charge in [0.05, 0.1) is 17.3 Å². The maximum atomic E-state index is 13.1. The number of allylic oxidation sites excluding steroid dienone is 2. The van der Waals surface area contributed by atoms with Crippen molar-refractivity contribution in [2.24, 2.45) is 0 Å². The lowest BCUT2D eigenvalue weighted by atomic mass is 9.98. The molecule has 1 atom stereocenters. The van der Waals surface area contributed by atoms with E-state index in [9.17, 15) is 23.1 Å². The first-order valence-electron chi connectivity index (χ1n) is 8.73. The van der Waals surface area contributed by atoms with Crippen molar-refractivity contribution in [3.8, 4) is 0 Å². The van der Waals surface area contributed by atoms with Gasteiger partial charge in [0.1, 0.15) is 0 Å². The molecule has 0 saturated carbocycles. The molecule has 1 N–H and O–H groups in total. The summed E-state index contributed by atoms with van der Waals surface area (Å²) in [6.45, 7) is 7.46. The smallest absolute Gasteiger partial charge is 0.416 e. The third-order valence-electron chi connectivity index (χ3n) is 3.67. The summed E-state index contributed by atoms with van der Waals surface area (Å²) in [7, 11) is 0. The Morgan fingerprint density at radius 1 is 1.20 bits per heavy atom. The second-order valence-electron chi connectivity index (χ2n) is 5.65. The minimum absolute atomic E-state index is 0.419. The topological polar surface area (TPSA) is 46.5 Å². The first kappa shape index (κ1) is 23.4. The van der Waals surface area contributed by atoms with Crippen LogP contribution >= 0.6 is 0 Å². The lowest BCUT2D eigenvalue weighted by molar-refractivity contribution is -0.134. The van der Waals surface area contributed by atoms with E-state index < -0.39 is 29.4 Å². The number of alkyl halides is 3. The van der Waals surface area contributed by atoms with Gasteiger partial charge in [-0.05, 0) is 37.8 Å². The molecule has 0 fully saturated rings. The lowest BCUT2D eigenvalue weighted by Crippen LogP contribution is -2.20. The number of rotatable bonds is 11. The van der Waals surface area contributed by atoms with E-state index in [1.54, 1.807) is 6.08 Å². The average molecular weight is 362 g/mol. The van der Waals surface area contributed by atoms with Crippen LogP contribution in [0, 0.1) is 0 Å². The summed E-state index contributed by atoms with van der Waals surface area (Å²) < 4.78 is 45.1. The average Bonchev–Trinajstić information content (AvgIpc) is 2.52. The van der Waals surface area contributed by atoms with Crippen LogP contribution in [0.5, 0.6) is 0 Å². The van der Waals surface area contributed by atoms with E-state index in [2.05, 4.69) is 6.92 Å². The third kappa shape index (κ3) is 8.38. The molecule has 0 aromatic heterocycles. The molecule has 0 heterocycles. The number of carbonyl (C=O) groups is 1. The van der Waals surface area contributed by atoms with Crippen LogP contribution in [0.25, 0.3) is 0 Å². The second kappa shape index (κ2) is 11.9. The van der Waals surface area contributed by atoms with Crippen molar-refractivity contribution in [1.82, 2.24) is 0 Å². The van der Waals surface area contributed by atoms with E-state index >= 15 is 0 Å². The van der Waals surface area contributed by atoms with Gasteiger partial charge in [-0.3, -0.25) is 0 Å². The van der Waals surface area contributed by atoms with E-state index in [0.29, 0.717) is 25.0 Å². The molecule has 0 aromatic rings. The summed E-state index contributed by atoms with van der Waals surface area (Å²) >= 11 is 0. The van der Waals surface area contributed by atoms with Crippen molar-refractivity contribution in [2.45, 2.75) is 72.1 Å². The van der Waals surface area contributed by atoms with E-state index in [1.165, 1.54) is 6.92 Å². The van der Waals surface area contributed by atoms with Crippen LogP contribution < -0.4 is 0 Å². The molecule has 3 nitrogen and oxygen atoms in total. The van der Waals surface area contributed by atoms with Gasteiger partial charge in [-0.1, -0.05) is 45.8 Å². The highest BCUT2D eigenvalue weighted by Gasteiger charge is 2.38. The number of carboxylic acid groups (broad SMARTS) is 1. The molecule has 0 rings (SSSR count). The monoisotopic (exact) mass is 362 g/mol. The zero-order valence-electron chi connectivity index (χ0n) is 15.4. The maximum Gasteiger partial charge on any atom is 0.416 e. The molecule has 0 aliphatic heterocycles. The number of halogens is 3. The van der Waals surface area contributed by atoms with Crippen LogP contribution in [0.15, 0.2) is 34.9 Å². The predicted octanol–water partition coefficient (Wildman–Crippen LogP) is 5.83. The number of hydrogen-bond acceptors (Lipinski definition) is 2. The van der Waals surface area contributed by atoms with E-state index in [4.69, 9.17) is 4.74 Å². The lowest BCUT2D eigenvalue weighted by Gasteiger charge is -2.19. The summed E-state index contributed by atoms with van der Waals surface area (Å²) in [6.07, 6.45) is 2.51. The maximum absolute atomic E-state index is 13.1. The van der Waals surface area contributed by atoms with Gasteiger partial charge in [0.15, 0.2) is 0 Å². The molecule has 0 spiro atoms. The molecular formula is C19H29F3O3. The Balaban J connectivity index is 5.68. The van der Waals surface area contributed by atoms with Gasteiger partial charge in [-0.25, -0.2) is 4.79 Å². The van der Waals surface area contributed by atoms with Gasteiger partial charge in [0.2, 0.25) is 0 Å². The summed E-state index contributed by atoms with van der Waals surface area (Å²) in [5.41, 5.74) is -1.43. The molecule has 144 valence electrons. The van der Waals surface area contributed by atoms with E-state index in [1.807, 2.05) is 13.8 Å². The van der Waals surface area contributed by atoms with Gasteiger partial charge in [0.25, 0.3) is 0 Å². The van der Waals surface area contributed by atoms with E-state index in [0.717, 1.165) is 31.4 Å². The summed E-state index contributed by atoms with van der Waals surface area (Å²) in [6, 6.07) is 0. The minimum Gasteiger partial charge on any atom is -0.478 e. The first-order chi connectivity index (χ1) is 11.7. The van der Waals surface area contributed by atoms with Gasteiger partial charge < -0.3 is 9.84 Å². The van der Waals surface area contributed by atoms with Crippen LogP contribution in [0.1, 0.15) is 59.8 Å². The Bertz CT molecular complexity index is 503. The fourth-order valence-electron chi connectivity index (χ4n) is 2.44. The predicted molar refractivity (Wildman–Crippen MR) is 93.5 cm³/mol. The fraction of sp³-hybridized carbons (Fsp3) is 0.632. The molecule has 0 aliphatic rings. The van der Waals surface area contributed by atoms with Crippen molar-refractivity contribution in [1.29, 1.82) is 0 Å². The molecule has 0 saturated heterocycles. The Morgan fingerprint density at radius 2 is 1.84 bits per heavy atom. The van der Waals surface area contributed by atoms with Crippen molar-refractivity contribution in [2.75, 3.05) is 6.61 Å². The van der Waals surface area contributed by atoms with Gasteiger partial charge in [0, 0.05) is 6.61 Å². The van der Waals surface area contributed by atoms with Crippen LogP contribution in [-0.2, 0) is 9.53 Å². The molecule has 0 amide bonds. The number of unbranched alkanes of at least 4 members (excludes halogenated alkanes) is 2. The Labute approximate surface area is 148 Å². The molecule has 0 bridgehead atoms. The zero-order chi connectivity index (χ0) is 19.5. The number of hydrogen-bond donors (Lipinski definition) is 1. The van der Waals surface area contributed by atoms with Crippen molar-refractivity contribution in [3.63, 3.8) is 0 Å². The molecular weight excluding hydrogens is 333 g/mol. The van der Waals surface area contributed by atoms with Gasteiger partial charge >= 0.3 is 12.1 Å². The van der Waals surface area contributed by atoms with Crippen molar-refractivity contribution in [3.05, 3.63) is 34.9 Å². The van der Waals surface area contributed by atoms with Gasteiger partial charge in [-0.15, -0.1) is 0 Å². The number of ether oxygens (including phenoxy) is 1. The molecule has 0 aliphatic carbocycles. The first-order valence-corrected chi connectivity index (χ1v) is 8.73. The quantitative estimate of drug-likeness (QED) is 0.286. The fourth-order valence-corrected chi connectivity index (χ4v) is 2.44. The van der Waals surface area contributed by atoms with Crippen LogP contribution in [0.2, 0.25) is 0 Å². The summed E-state index contributed by atoms with van der Waals surface area (Å²) in [5, 5.41) is 9.28. The SMILES string of the molecule is C\C=C(/C(=C\C(=C\CC)C(CC)OCCCCC)C(=O)O)C(F)(F)F. The van der Waals surface area contributed by atoms with Crippen molar-refractivity contribution < 1.29 is 27.8 Å². The Kier molecular flexibility index (Phi) is 11.2. The zero-order valence-corrected chi connectivity index (χ0v) is 15.4. The molecule has 25 heavy (non-hydrogen) atoms. The number of carboxylic acids is 1. The largest absolute Gasteiger partial charge is 0.478 e. The highest BCUT2D eigenvalue weighted by Crippen LogP contribution is 2.32. The van der Waals surface area contributed by atoms with Crippen LogP contribution in [-0.4, -0.2) is 30.0 Å². The standard InChI is InChI=1S/C19H29F3O3/c1-5-9-10-12-25-17(8-4)14(11-6-2)13-15(18(23)24)16(7-3)19(20,21)22/h7,11,13,17H,5-6,8-10,12H2,1-4H3,(H,23,24)/b14-11-,15-13+,16-7+. The number of aliphatic carboxylic acids is 1. The Morgan fingerprint density at radius 3 is 2.24 bits per heavy atom. The summed E-state index contributed by atoms with van der Waals surface area (Å²) in [5.74, 6) is -1.60. The van der Waals surface area contributed by atoms with Crippen LogP contribution in [0.3, 0.4) is 0 Å². The van der Waals surface area contributed by atoms with Crippen molar-refractivity contribution >= 4 is 5.97 Å². The van der Waals surface area contributed by atoms with Crippen LogP contribution in [0.4, 0.5) is 13.2 Å². The van der Waals surface area contributed by atoms with Gasteiger partial charge in [-0.2, -0.15) is 13.2 Å². The highest BCUT2D eigenvalue weighted by atomic mass is 19.4. The third-order valence-corrected chi connectivity index (χ3v) is 3.67. The van der Waals surface area contributed by atoms with E-state index in [-0.39, 0.29) is 0 Å². The molecule has 0 radical (unpaired) electrons.